The van der Waals surface area contributed by atoms with Crippen molar-refractivity contribution in [2.45, 2.75) is 19.8 Å². The molecule has 0 heterocycles. The van der Waals surface area contributed by atoms with Gasteiger partial charge in [-0.1, -0.05) is 0 Å². The number of carbonyl (C=O) groups excluding carboxylic acids is 1. The van der Waals surface area contributed by atoms with Gasteiger partial charge >= 0.3 is 5.97 Å². The second-order valence-electron chi connectivity index (χ2n) is 2.79. The van der Waals surface area contributed by atoms with Crippen LogP contribution in [-0.2, 0) is 9.53 Å². The predicted molar refractivity (Wildman–Crippen MR) is 43.1 cm³/mol. The first-order valence-corrected chi connectivity index (χ1v) is 3.79. The number of rotatable bonds is 1. The fraction of sp³-hybridized carbons (Fsp3) is 0.444. The Labute approximate surface area is 70.7 Å². The van der Waals surface area contributed by atoms with Gasteiger partial charge in [-0.25, -0.2) is 9.18 Å². The van der Waals surface area contributed by atoms with Gasteiger partial charge in [-0.05, 0) is 31.4 Å². The van der Waals surface area contributed by atoms with Gasteiger partial charge in [0.25, 0.3) is 0 Å². The van der Waals surface area contributed by atoms with Gasteiger partial charge in [0.15, 0.2) is 0 Å². The Morgan fingerprint density at radius 3 is 2.75 bits per heavy atom. The molecule has 0 spiro atoms. The zero-order valence-electron chi connectivity index (χ0n) is 7.19. The summed E-state index contributed by atoms with van der Waals surface area (Å²) >= 11 is 0. The van der Waals surface area contributed by atoms with E-state index in [0.717, 1.165) is 0 Å². The molecule has 3 heteroatoms. The second-order valence-corrected chi connectivity index (χ2v) is 2.79. The van der Waals surface area contributed by atoms with Crippen LogP contribution in [0.4, 0.5) is 4.39 Å². The average Bonchev–Trinajstić information content (AvgIpc) is 2.08. The third kappa shape index (κ3) is 1.72. The molecule has 0 aromatic carbocycles. The maximum Gasteiger partial charge on any atom is 0.333 e. The minimum absolute atomic E-state index is 0.304. The van der Waals surface area contributed by atoms with Gasteiger partial charge in [-0.3, -0.25) is 0 Å². The third-order valence-corrected chi connectivity index (χ3v) is 1.93. The average molecular weight is 170 g/mol. The molecule has 0 fully saturated rings. The first kappa shape index (κ1) is 8.97. The number of methoxy groups -OCH3 is 1. The molecule has 12 heavy (non-hydrogen) atoms. The molecule has 1 aliphatic rings. The normalized spacial score (nSPS) is 17.4. The van der Waals surface area contributed by atoms with Crippen molar-refractivity contribution in [1.29, 1.82) is 0 Å². The van der Waals surface area contributed by atoms with E-state index in [-0.39, 0.29) is 5.83 Å². The maximum atomic E-state index is 12.9. The van der Waals surface area contributed by atoms with Crippen molar-refractivity contribution in [3.8, 4) is 0 Å². The fourth-order valence-corrected chi connectivity index (χ4v) is 1.08. The van der Waals surface area contributed by atoms with Crippen LogP contribution in [0.5, 0.6) is 0 Å². The minimum Gasteiger partial charge on any atom is -0.466 e. The molecule has 0 saturated heterocycles. The van der Waals surface area contributed by atoms with Gasteiger partial charge < -0.3 is 4.74 Å². The number of ether oxygens (including phenoxy) is 1. The zero-order valence-corrected chi connectivity index (χ0v) is 7.19. The highest BCUT2D eigenvalue weighted by Gasteiger charge is 2.15. The lowest BCUT2D eigenvalue weighted by Crippen LogP contribution is -2.07. The van der Waals surface area contributed by atoms with Crippen LogP contribution in [0.25, 0.3) is 0 Å². The van der Waals surface area contributed by atoms with Crippen LogP contribution in [0.1, 0.15) is 19.8 Å². The molecular weight excluding hydrogens is 159 g/mol. The van der Waals surface area contributed by atoms with Crippen LogP contribution < -0.4 is 0 Å². The van der Waals surface area contributed by atoms with E-state index in [0.29, 0.717) is 24.0 Å². The van der Waals surface area contributed by atoms with Crippen molar-refractivity contribution >= 4 is 5.97 Å². The molecule has 0 aromatic heterocycles. The van der Waals surface area contributed by atoms with Crippen molar-refractivity contribution in [1.82, 2.24) is 0 Å². The van der Waals surface area contributed by atoms with Crippen LogP contribution in [0, 0.1) is 0 Å². The van der Waals surface area contributed by atoms with E-state index in [2.05, 4.69) is 4.74 Å². The number of hydrogen-bond acceptors (Lipinski definition) is 2. The summed E-state index contributed by atoms with van der Waals surface area (Å²) in [6.07, 6.45) is 2.43. The smallest absolute Gasteiger partial charge is 0.333 e. The van der Waals surface area contributed by atoms with Crippen LogP contribution in [0.2, 0.25) is 0 Å². The van der Waals surface area contributed by atoms with Crippen LogP contribution in [0.15, 0.2) is 23.0 Å². The number of esters is 1. The van der Waals surface area contributed by atoms with Gasteiger partial charge in [0, 0.05) is 5.57 Å². The molecule has 0 radical (unpaired) electrons. The predicted octanol–water partition coefficient (Wildman–Crippen LogP) is 2.12. The van der Waals surface area contributed by atoms with E-state index >= 15 is 0 Å². The van der Waals surface area contributed by atoms with Crippen molar-refractivity contribution < 1.29 is 13.9 Å². The highest BCUT2D eigenvalue weighted by molar-refractivity contribution is 5.89. The topological polar surface area (TPSA) is 26.3 Å². The number of halogens is 1. The molecule has 1 rings (SSSR count). The molecular formula is C9H11FO2. The molecule has 0 aliphatic heterocycles. The summed E-state index contributed by atoms with van der Waals surface area (Å²) in [5.74, 6) is -0.737. The Morgan fingerprint density at radius 1 is 1.58 bits per heavy atom. The fourth-order valence-electron chi connectivity index (χ4n) is 1.08. The van der Waals surface area contributed by atoms with Gasteiger partial charge in [-0.15, -0.1) is 0 Å². The number of carbonyl (C=O) groups is 1. The van der Waals surface area contributed by atoms with Crippen LogP contribution in [0.3, 0.4) is 0 Å². The van der Waals surface area contributed by atoms with Crippen molar-refractivity contribution in [2.75, 3.05) is 7.11 Å². The summed E-state index contributed by atoms with van der Waals surface area (Å²) < 4.78 is 17.4. The van der Waals surface area contributed by atoms with Crippen LogP contribution in [-0.4, -0.2) is 13.1 Å². The lowest BCUT2D eigenvalue weighted by atomic mass is 9.99. The van der Waals surface area contributed by atoms with Gasteiger partial charge in [0.2, 0.25) is 0 Å². The summed E-state index contributed by atoms with van der Waals surface area (Å²) in [4.78, 5) is 10.9. The summed E-state index contributed by atoms with van der Waals surface area (Å²) in [5.41, 5.74) is 1.11. The Kier molecular flexibility index (Phi) is 2.63. The molecule has 0 amide bonds. The molecule has 0 N–H and O–H groups in total. The molecule has 0 saturated carbocycles. The summed E-state index contributed by atoms with van der Waals surface area (Å²) in [7, 11) is 1.30. The second kappa shape index (κ2) is 3.52. The van der Waals surface area contributed by atoms with Gasteiger partial charge in [0.1, 0.15) is 5.83 Å². The Morgan fingerprint density at radius 2 is 2.25 bits per heavy atom. The maximum absolute atomic E-state index is 12.9. The summed E-state index contributed by atoms with van der Waals surface area (Å²) in [6, 6.07) is 0. The molecule has 0 bridgehead atoms. The SMILES string of the molecule is COC(=O)C1=CC(F)=C(C)CC1. The van der Waals surface area contributed by atoms with Crippen molar-refractivity contribution in [3.63, 3.8) is 0 Å². The number of allylic oxidation sites excluding steroid dienone is 3. The van der Waals surface area contributed by atoms with Crippen LogP contribution >= 0.6 is 0 Å². The minimum atomic E-state index is -0.433. The first-order chi connectivity index (χ1) is 5.65. The molecule has 0 atom stereocenters. The van der Waals surface area contributed by atoms with E-state index in [1.807, 2.05) is 0 Å². The molecule has 2 nitrogen and oxygen atoms in total. The lowest BCUT2D eigenvalue weighted by Gasteiger charge is -2.11. The zero-order chi connectivity index (χ0) is 9.14. The quantitative estimate of drug-likeness (QED) is 0.563. The highest BCUT2D eigenvalue weighted by Crippen LogP contribution is 2.24. The van der Waals surface area contributed by atoms with Gasteiger partial charge in [-0.2, -0.15) is 0 Å². The highest BCUT2D eigenvalue weighted by atomic mass is 19.1. The monoisotopic (exact) mass is 170 g/mol. The Hall–Kier alpha value is -1.12. The third-order valence-electron chi connectivity index (χ3n) is 1.93. The van der Waals surface area contributed by atoms with Gasteiger partial charge in [0.05, 0.1) is 7.11 Å². The largest absolute Gasteiger partial charge is 0.466 e. The Balaban J connectivity index is 2.83. The molecule has 66 valence electrons. The van der Waals surface area contributed by atoms with Crippen molar-refractivity contribution in [3.05, 3.63) is 23.0 Å². The molecule has 1 aliphatic carbocycles. The molecule has 0 aromatic rings. The van der Waals surface area contributed by atoms with E-state index in [9.17, 15) is 9.18 Å². The lowest BCUT2D eigenvalue weighted by molar-refractivity contribution is -0.136. The Bertz CT molecular complexity index is 264. The summed E-state index contributed by atoms with van der Waals surface area (Å²) in [5, 5.41) is 0. The molecule has 0 unspecified atom stereocenters. The van der Waals surface area contributed by atoms with E-state index in [1.54, 1.807) is 6.92 Å². The van der Waals surface area contributed by atoms with Crippen molar-refractivity contribution in [2.24, 2.45) is 0 Å². The van der Waals surface area contributed by atoms with E-state index in [4.69, 9.17) is 0 Å². The number of hydrogen-bond donors (Lipinski definition) is 0. The van der Waals surface area contributed by atoms with E-state index in [1.165, 1.54) is 13.2 Å². The summed E-state index contributed by atoms with van der Waals surface area (Å²) in [6.45, 7) is 1.72. The van der Waals surface area contributed by atoms with E-state index < -0.39 is 5.97 Å². The first-order valence-electron chi connectivity index (χ1n) is 3.79. The standard InChI is InChI=1S/C9H11FO2/c1-6-3-4-7(5-8(6)10)9(11)12-2/h5H,3-4H2,1-2H3.